The lowest BCUT2D eigenvalue weighted by atomic mass is 10.1. The molecule has 118 valence electrons. The fraction of sp³-hybridized carbons (Fsp3) is 0.333. The van der Waals surface area contributed by atoms with Crippen LogP contribution < -0.4 is 4.90 Å². The van der Waals surface area contributed by atoms with E-state index in [0.29, 0.717) is 15.8 Å². The van der Waals surface area contributed by atoms with Crippen LogP contribution in [-0.4, -0.2) is 44.8 Å². The Bertz CT molecular complexity index is 729. The van der Waals surface area contributed by atoms with Crippen LogP contribution in [0, 0.1) is 11.3 Å². The molecule has 3 rings (SSSR count). The van der Waals surface area contributed by atoms with Crippen LogP contribution in [-0.2, 0) is 0 Å². The summed E-state index contributed by atoms with van der Waals surface area (Å²) < 4.78 is 0. The van der Waals surface area contributed by atoms with Gasteiger partial charge < -0.3 is 10.0 Å². The maximum atomic E-state index is 11.1. The monoisotopic (exact) mass is 329 g/mol. The number of rotatable bonds is 4. The van der Waals surface area contributed by atoms with Crippen LogP contribution in [0.1, 0.15) is 28.9 Å². The zero-order valence-corrected chi connectivity index (χ0v) is 13.1. The summed E-state index contributed by atoms with van der Waals surface area (Å²) in [6.45, 7) is 1.79. The number of carboxylic acid groups (broad SMARTS) is 1. The third-order valence-electron chi connectivity index (χ3n) is 3.81. The van der Waals surface area contributed by atoms with Gasteiger partial charge in [0, 0.05) is 24.0 Å². The van der Waals surface area contributed by atoms with Crippen LogP contribution >= 0.6 is 11.8 Å². The number of nitriles is 1. The number of thioether (sulfide) groups is 1. The van der Waals surface area contributed by atoms with Gasteiger partial charge >= 0.3 is 5.97 Å². The predicted molar refractivity (Wildman–Crippen MR) is 85.6 cm³/mol. The number of aromatic amines is 1. The molecule has 0 unspecified atom stereocenters. The maximum absolute atomic E-state index is 11.1. The van der Waals surface area contributed by atoms with Crippen LogP contribution in [0.3, 0.4) is 0 Å². The van der Waals surface area contributed by atoms with Gasteiger partial charge in [0.15, 0.2) is 10.7 Å². The molecule has 1 aromatic heterocycles. The van der Waals surface area contributed by atoms with Crippen LogP contribution in [0.2, 0.25) is 0 Å². The summed E-state index contributed by atoms with van der Waals surface area (Å²) in [5.74, 6) is -1.03. The summed E-state index contributed by atoms with van der Waals surface area (Å²) in [6, 6.07) is 9.69. The number of aromatic carboxylic acids is 1. The van der Waals surface area contributed by atoms with E-state index in [2.05, 4.69) is 26.4 Å². The van der Waals surface area contributed by atoms with Crippen molar-refractivity contribution in [3.05, 3.63) is 35.5 Å². The van der Waals surface area contributed by atoms with E-state index >= 15 is 0 Å². The van der Waals surface area contributed by atoms with Crippen molar-refractivity contribution in [3.8, 4) is 6.07 Å². The summed E-state index contributed by atoms with van der Waals surface area (Å²) in [7, 11) is 0. The number of anilines is 1. The Morgan fingerprint density at radius 3 is 2.65 bits per heavy atom. The maximum Gasteiger partial charge on any atom is 0.356 e. The molecule has 2 heterocycles. The first kappa shape index (κ1) is 15.4. The average molecular weight is 329 g/mol. The normalized spacial score (nSPS) is 15.3. The molecule has 2 aromatic rings. The van der Waals surface area contributed by atoms with Gasteiger partial charge in [-0.2, -0.15) is 5.26 Å². The second-order valence-corrected chi connectivity index (χ2v) is 6.55. The minimum Gasteiger partial charge on any atom is -0.476 e. The number of carboxylic acids is 1. The average Bonchev–Trinajstić information content (AvgIpc) is 3.04. The Labute approximate surface area is 137 Å². The van der Waals surface area contributed by atoms with E-state index in [4.69, 9.17) is 10.4 Å². The molecule has 0 atom stereocenters. The number of H-pyrrole nitrogens is 1. The van der Waals surface area contributed by atoms with Crippen molar-refractivity contribution in [2.75, 3.05) is 18.0 Å². The lowest BCUT2D eigenvalue weighted by Crippen LogP contribution is -2.34. The van der Waals surface area contributed by atoms with E-state index in [1.165, 1.54) is 11.8 Å². The van der Waals surface area contributed by atoms with Crippen molar-refractivity contribution in [1.29, 1.82) is 5.26 Å². The molecule has 2 N–H and O–H groups in total. The van der Waals surface area contributed by atoms with Crippen molar-refractivity contribution in [1.82, 2.24) is 15.4 Å². The second-order valence-electron chi connectivity index (χ2n) is 5.26. The van der Waals surface area contributed by atoms with E-state index in [-0.39, 0.29) is 5.69 Å². The molecule has 23 heavy (non-hydrogen) atoms. The summed E-state index contributed by atoms with van der Waals surface area (Å²) in [5, 5.41) is 28.5. The van der Waals surface area contributed by atoms with E-state index in [1.807, 2.05) is 24.3 Å². The highest BCUT2D eigenvalue weighted by molar-refractivity contribution is 7.99. The molecule has 1 saturated heterocycles. The summed E-state index contributed by atoms with van der Waals surface area (Å²) in [5.41, 5.74) is 1.83. The second kappa shape index (κ2) is 6.71. The molecular formula is C15H15N5O2S. The Morgan fingerprint density at radius 1 is 1.35 bits per heavy atom. The van der Waals surface area contributed by atoms with Gasteiger partial charge in [0.1, 0.15) is 0 Å². The molecule has 1 fully saturated rings. The van der Waals surface area contributed by atoms with Gasteiger partial charge in [-0.05, 0) is 37.1 Å². The van der Waals surface area contributed by atoms with Gasteiger partial charge in [0.25, 0.3) is 0 Å². The summed E-state index contributed by atoms with van der Waals surface area (Å²) in [4.78, 5) is 13.3. The van der Waals surface area contributed by atoms with E-state index in [1.54, 1.807) is 0 Å². The fourth-order valence-electron chi connectivity index (χ4n) is 2.58. The number of nitrogens with one attached hydrogen (secondary N) is 1. The number of benzene rings is 1. The molecule has 0 radical (unpaired) electrons. The number of hydrogen-bond acceptors (Lipinski definition) is 6. The van der Waals surface area contributed by atoms with Crippen LogP contribution in [0.15, 0.2) is 29.3 Å². The number of piperidine rings is 1. The molecule has 8 heteroatoms. The molecule has 0 aliphatic carbocycles. The molecule has 1 aliphatic heterocycles. The molecule has 0 bridgehead atoms. The first-order chi connectivity index (χ1) is 11.2. The van der Waals surface area contributed by atoms with E-state index < -0.39 is 5.97 Å². The number of hydrogen-bond donors (Lipinski definition) is 2. The quantitative estimate of drug-likeness (QED) is 0.885. The topological polar surface area (TPSA) is 106 Å². The Kier molecular flexibility index (Phi) is 4.48. The van der Waals surface area contributed by atoms with Crippen LogP contribution in [0.4, 0.5) is 5.69 Å². The van der Waals surface area contributed by atoms with Crippen LogP contribution in [0.5, 0.6) is 0 Å². The summed E-state index contributed by atoms with van der Waals surface area (Å²) >= 11 is 1.47. The molecule has 0 spiro atoms. The van der Waals surface area contributed by atoms with Crippen molar-refractivity contribution >= 4 is 23.4 Å². The smallest absolute Gasteiger partial charge is 0.356 e. The van der Waals surface area contributed by atoms with Gasteiger partial charge in [0.2, 0.25) is 0 Å². The molecule has 0 saturated carbocycles. The lowest BCUT2D eigenvalue weighted by Gasteiger charge is -2.33. The van der Waals surface area contributed by atoms with Gasteiger partial charge in [-0.15, -0.1) is 5.10 Å². The summed E-state index contributed by atoms with van der Waals surface area (Å²) in [6.07, 6.45) is 1.88. The van der Waals surface area contributed by atoms with Gasteiger partial charge in [-0.25, -0.2) is 4.79 Å². The highest BCUT2D eigenvalue weighted by Gasteiger charge is 2.24. The van der Waals surface area contributed by atoms with Crippen molar-refractivity contribution < 1.29 is 9.90 Å². The standard InChI is InChI=1S/C15H15N5O2S/c16-9-10-1-3-11(4-2-10)20-7-5-12(6-8-20)23-14-13(15(21)22)17-19-18-14/h1-4,12H,5-8H2,(H,21,22)(H,17,18,19). The lowest BCUT2D eigenvalue weighted by molar-refractivity contribution is 0.0686. The molecule has 1 aromatic carbocycles. The van der Waals surface area contributed by atoms with E-state index in [9.17, 15) is 4.79 Å². The van der Waals surface area contributed by atoms with Gasteiger partial charge in [-0.3, -0.25) is 5.10 Å². The minimum absolute atomic E-state index is 0.0597. The zero-order chi connectivity index (χ0) is 16.2. The largest absolute Gasteiger partial charge is 0.476 e. The third-order valence-corrected chi connectivity index (χ3v) is 5.13. The van der Waals surface area contributed by atoms with Gasteiger partial charge in [0.05, 0.1) is 11.6 Å². The molecule has 0 amide bonds. The van der Waals surface area contributed by atoms with Crippen molar-refractivity contribution in [2.24, 2.45) is 0 Å². The first-order valence-electron chi connectivity index (χ1n) is 7.23. The minimum atomic E-state index is -1.03. The van der Waals surface area contributed by atoms with Crippen molar-refractivity contribution in [2.45, 2.75) is 23.1 Å². The molecular weight excluding hydrogens is 314 g/mol. The number of nitrogens with zero attached hydrogens (tertiary/aromatic N) is 4. The van der Waals surface area contributed by atoms with Crippen LogP contribution in [0.25, 0.3) is 0 Å². The van der Waals surface area contributed by atoms with Crippen molar-refractivity contribution in [3.63, 3.8) is 0 Å². The highest BCUT2D eigenvalue weighted by Crippen LogP contribution is 2.32. The Morgan fingerprint density at radius 2 is 2.04 bits per heavy atom. The van der Waals surface area contributed by atoms with Gasteiger partial charge in [-0.1, -0.05) is 17.0 Å². The molecule has 1 aliphatic rings. The Balaban J connectivity index is 1.59. The SMILES string of the molecule is N#Cc1ccc(N2CCC(Sc3nn[nH]c3C(=O)O)CC2)cc1. The fourth-order valence-corrected chi connectivity index (χ4v) is 3.68. The third kappa shape index (κ3) is 3.46. The predicted octanol–water partition coefficient (Wildman–Crippen LogP) is 2.14. The zero-order valence-electron chi connectivity index (χ0n) is 12.3. The van der Waals surface area contributed by atoms with E-state index in [0.717, 1.165) is 31.6 Å². The first-order valence-corrected chi connectivity index (χ1v) is 8.11. The number of aromatic nitrogens is 3. The Hall–Kier alpha value is -2.53. The highest BCUT2D eigenvalue weighted by atomic mass is 32.2. The molecule has 7 nitrogen and oxygen atoms in total. The number of carbonyl (C=O) groups is 1.